The molecule has 19 heavy (non-hydrogen) atoms. The predicted molar refractivity (Wildman–Crippen MR) is 71.0 cm³/mol. The Balaban J connectivity index is 2.50. The van der Waals surface area contributed by atoms with Crippen LogP contribution in [0, 0.1) is 0 Å². The first-order valence-corrected chi connectivity index (χ1v) is 5.97. The molecule has 104 valence electrons. The molecule has 1 unspecified atom stereocenters. The van der Waals surface area contributed by atoms with E-state index in [9.17, 15) is 13.9 Å². The van der Waals surface area contributed by atoms with E-state index < -0.39 is 18.1 Å². The monoisotopic (exact) mass is 268 g/mol. The lowest BCUT2D eigenvalue weighted by Crippen LogP contribution is -2.34. The molecule has 2 nitrogen and oxygen atoms in total. The highest BCUT2D eigenvalue weighted by Gasteiger charge is 2.35. The number of benzene rings is 1. The Morgan fingerprint density at radius 3 is 2.42 bits per heavy atom. The van der Waals surface area contributed by atoms with Gasteiger partial charge in [0.2, 0.25) is 0 Å². The fourth-order valence-corrected chi connectivity index (χ4v) is 1.52. The summed E-state index contributed by atoms with van der Waals surface area (Å²) in [6, 6.07) is 9.34. The summed E-state index contributed by atoms with van der Waals surface area (Å²) in [6.45, 7) is 6.81. The summed E-state index contributed by atoms with van der Waals surface area (Å²) in [7, 11) is 0. The van der Waals surface area contributed by atoms with Gasteiger partial charge < -0.3 is 9.84 Å². The molecule has 0 aliphatic rings. The molecular formula is C15H18F2O2. The first-order valence-electron chi connectivity index (χ1n) is 5.97. The minimum Gasteiger partial charge on any atom is -0.386 e. The van der Waals surface area contributed by atoms with Gasteiger partial charge in [-0.3, -0.25) is 0 Å². The molecule has 1 N–H and O–H groups in total. The van der Waals surface area contributed by atoms with Gasteiger partial charge >= 0.3 is 0 Å². The standard InChI is InChI=1S/C15H18F2O2/c1-3-13(10-14(18)15(16,17)4-2)19-11-12-8-6-5-7-9-12/h3-9,13-14,18H,1-2,10-11H2/t13-,14?/m0/s1. The van der Waals surface area contributed by atoms with Crippen LogP contribution in [-0.4, -0.2) is 23.2 Å². The van der Waals surface area contributed by atoms with Gasteiger partial charge in [-0.1, -0.05) is 43.0 Å². The maximum Gasteiger partial charge on any atom is 0.291 e. The minimum absolute atomic E-state index is 0.227. The van der Waals surface area contributed by atoms with E-state index in [4.69, 9.17) is 4.74 Å². The topological polar surface area (TPSA) is 29.5 Å². The molecule has 0 radical (unpaired) electrons. The van der Waals surface area contributed by atoms with Gasteiger partial charge in [0.1, 0.15) is 6.10 Å². The third-order valence-corrected chi connectivity index (χ3v) is 2.74. The van der Waals surface area contributed by atoms with Crippen LogP contribution in [0.4, 0.5) is 8.78 Å². The molecule has 0 heterocycles. The number of rotatable bonds is 8. The van der Waals surface area contributed by atoms with Crippen LogP contribution in [0.1, 0.15) is 12.0 Å². The third kappa shape index (κ3) is 4.93. The second-order valence-electron chi connectivity index (χ2n) is 4.20. The third-order valence-electron chi connectivity index (χ3n) is 2.74. The van der Waals surface area contributed by atoms with Crippen molar-refractivity contribution in [1.82, 2.24) is 0 Å². The number of ether oxygens (including phenoxy) is 1. The second-order valence-corrected chi connectivity index (χ2v) is 4.20. The van der Waals surface area contributed by atoms with Crippen molar-refractivity contribution in [2.45, 2.75) is 31.2 Å². The zero-order chi connectivity index (χ0) is 14.3. The van der Waals surface area contributed by atoms with Gasteiger partial charge in [-0.25, -0.2) is 0 Å². The van der Waals surface area contributed by atoms with Crippen LogP contribution in [0.2, 0.25) is 0 Å². The molecule has 0 fully saturated rings. The quantitative estimate of drug-likeness (QED) is 0.733. The molecule has 0 aliphatic carbocycles. The molecule has 0 amide bonds. The van der Waals surface area contributed by atoms with Gasteiger partial charge in [0.15, 0.2) is 0 Å². The Morgan fingerprint density at radius 1 is 1.26 bits per heavy atom. The highest BCUT2D eigenvalue weighted by molar-refractivity contribution is 5.13. The van der Waals surface area contributed by atoms with Crippen LogP contribution in [0.25, 0.3) is 0 Å². The van der Waals surface area contributed by atoms with Crippen molar-refractivity contribution in [3.63, 3.8) is 0 Å². The van der Waals surface area contributed by atoms with Crippen molar-refractivity contribution < 1.29 is 18.6 Å². The van der Waals surface area contributed by atoms with Crippen LogP contribution in [0.5, 0.6) is 0 Å². The van der Waals surface area contributed by atoms with Gasteiger partial charge in [0.05, 0.1) is 12.7 Å². The molecule has 0 saturated carbocycles. The smallest absolute Gasteiger partial charge is 0.291 e. The van der Waals surface area contributed by atoms with E-state index in [0.29, 0.717) is 6.08 Å². The van der Waals surface area contributed by atoms with Gasteiger partial charge in [-0.2, -0.15) is 8.78 Å². The highest BCUT2D eigenvalue weighted by Crippen LogP contribution is 2.24. The van der Waals surface area contributed by atoms with Crippen LogP contribution in [0.15, 0.2) is 55.6 Å². The van der Waals surface area contributed by atoms with E-state index in [2.05, 4.69) is 13.2 Å². The minimum atomic E-state index is -3.32. The van der Waals surface area contributed by atoms with Gasteiger partial charge in [-0.15, -0.1) is 6.58 Å². The molecule has 0 spiro atoms. The average molecular weight is 268 g/mol. The van der Waals surface area contributed by atoms with E-state index in [1.54, 1.807) is 0 Å². The predicted octanol–water partition coefficient (Wildman–Crippen LogP) is 3.33. The Morgan fingerprint density at radius 2 is 1.89 bits per heavy atom. The number of hydrogen-bond acceptors (Lipinski definition) is 2. The van der Waals surface area contributed by atoms with E-state index in [0.717, 1.165) is 5.56 Å². The average Bonchev–Trinajstić information content (AvgIpc) is 2.44. The maximum atomic E-state index is 13.1. The zero-order valence-corrected chi connectivity index (χ0v) is 10.6. The number of aliphatic hydroxyl groups excluding tert-OH is 1. The first-order chi connectivity index (χ1) is 8.99. The summed E-state index contributed by atoms with van der Waals surface area (Å²) in [5.41, 5.74) is 0.930. The van der Waals surface area contributed by atoms with Crippen LogP contribution in [-0.2, 0) is 11.3 Å². The Labute approximate surface area is 112 Å². The lowest BCUT2D eigenvalue weighted by atomic mass is 10.1. The SMILES string of the molecule is C=C[C@@H](CC(O)C(F)(F)C=C)OCc1ccccc1. The maximum absolute atomic E-state index is 13.1. The molecule has 0 bridgehead atoms. The van der Waals surface area contributed by atoms with Crippen LogP contribution >= 0.6 is 0 Å². The molecular weight excluding hydrogens is 250 g/mol. The van der Waals surface area contributed by atoms with Crippen LogP contribution in [0.3, 0.4) is 0 Å². The molecule has 2 atom stereocenters. The summed E-state index contributed by atoms with van der Waals surface area (Å²) in [5, 5.41) is 9.43. The van der Waals surface area contributed by atoms with Gasteiger partial charge in [0, 0.05) is 6.42 Å². The molecule has 4 heteroatoms. The van der Waals surface area contributed by atoms with Crippen LogP contribution < -0.4 is 0 Å². The number of aliphatic hydroxyl groups is 1. The summed E-state index contributed by atoms with van der Waals surface area (Å²) in [5.74, 6) is -3.32. The van der Waals surface area contributed by atoms with Gasteiger partial charge in [-0.05, 0) is 11.6 Å². The lowest BCUT2D eigenvalue weighted by molar-refractivity contribution is -0.0902. The van der Waals surface area contributed by atoms with E-state index >= 15 is 0 Å². The molecule has 0 aliphatic heterocycles. The lowest BCUT2D eigenvalue weighted by Gasteiger charge is -2.22. The van der Waals surface area contributed by atoms with Crippen molar-refractivity contribution in [3.05, 3.63) is 61.2 Å². The van der Waals surface area contributed by atoms with Crippen molar-refractivity contribution in [2.75, 3.05) is 0 Å². The molecule has 1 aromatic carbocycles. The second kappa shape index (κ2) is 7.16. The fraction of sp³-hybridized carbons (Fsp3) is 0.333. The number of halogens is 2. The zero-order valence-electron chi connectivity index (χ0n) is 10.6. The van der Waals surface area contributed by atoms with Crippen molar-refractivity contribution >= 4 is 0 Å². The van der Waals surface area contributed by atoms with Crippen molar-refractivity contribution in [2.24, 2.45) is 0 Å². The van der Waals surface area contributed by atoms with E-state index in [1.165, 1.54) is 6.08 Å². The molecule has 0 saturated heterocycles. The first kappa shape index (κ1) is 15.5. The Kier molecular flexibility index (Phi) is 5.86. The molecule has 0 aromatic heterocycles. The largest absolute Gasteiger partial charge is 0.386 e. The molecule has 1 rings (SSSR count). The Bertz CT molecular complexity index is 404. The highest BCUT2D eigenvalue weighted by atomic mass is 19.3. The summed E-state index contributed by atoms with van der Waals surface area (Å²) in [6.07, 6.45) is -0.847. The number of alkyl halides is 2. The van der Waals surface area contributed by atoms with Crippen molar-refractivity contribution in [3.8, 4) is 0 Å². The summed E-state index contributed by atoms with van der Waals surface area (Å²) < 4.78 is 31.7. The van der Waals surface area contributed by atoms with Gasteiger partial charge in [0.25, 0.3) is 5.92 Å². The summed E-state index contributed by atoms with van der Waals surface area (Å²) >= 11 is 0. The van der Waals surface area contributed by atoms with E-state index in [-0.39, 0.29) is 13.0 Å². The van der Waals surface area contributed by atoms with Crippen molar-refractivity contribution in [1.29, 1.82) is 0 Å². The number of hydrogen-bond donors (Lipinski definition) is 1. The fourth-order valence-electron chi connectivity index (χ4n) is 1.52. The Hall–Kier alpha value is -1.52. The summed E-state index contributed by atoms with van der Waals surface area (Å²) in [4.78, 5) is 0. The normalized spacial score (nSPS) is 14.7. The molecule has 1 aromatic rings. The van der Waals surface area contributed by atoms with E-state index in [1.807, 2.05) is 30.3 Å².